The maximum absolute atomic E-state index is 12.3. The molecule has 0 atom stereocenters. The predicted octanol–water partition coefficient (Wildman–Crippen LogP) is 5.34. The highest BCUT2D eigenvalue weighted by molar-refractivity contribution is 7.16. The number of methoxy groups -OCH3 is 1. The first-order valence-corrected chi connectivity index (χ1v) is 8.86. The molecule has 0 aliphatic rings. The van der Waals surface area contributed by atoms with Crippen molar-refractivity contribution in [1.82, 2.24) is 4.98 Å². The Labute approximate surface area is 155 Å². The summed E-state index contributed by atoms with van der Waals surface area (Å²) in [5, 5.41) is 3.93. The van der Waals surface area contributed by atoms with Crippen molar-refractivity contribution in [2.24, 2.45) is 0 Å². The highest BCUT2D eigenvalue weighted by atomic mass is 35.5. The number of carbonyl (C=O) groups excluding carboxylic acids is 1. The summed E-state index contributed by atoms with van der Waals surface area (Å²) < 4.78 is 5.30. The van der Waals surface area contributed by atoms with Crippen molar-refractivity contribution in [2.75, 3.05) is 12.4 Å². The number of hydrogen-bond acceptors (Lipinski definition) is 4. The molecule has 0 aliphatic carbocycles. The zero-order chi connectivity index (χ0) is 18.0. The molecule has 2 aromatic carbocycles. The highest BCUT2D eigenvalue weighted by Crippen LogP contribution is 2.33. The van der Waals surface area contributed by atoms with Crippen LogP contribution in [0.3, 0.4) is 0 Å². The van der Waals surface area contributed by atoms with Gasteiger partial charge in [-0.15, -0.1) is 11.3 Å². The summed E-state index contributed by atoms with van der Waals surface area (Å²) in [7, 11) is 1.65. The van der Waals surface area contributed by atoms with E-state index >= 15 is 0 Å². The molecular formula is C19H17ClN2O2S. The van der Waals surface area contributed by atoms with Gasteiger partial charge in [-0.25, -0.2) is 4.98 Å². The molecule has 0 saturated carbocycles. The van der Waals surface area contributed by atoms with Gasteiger partial charge in [-0.2, -0.15) is 0 Å². The number of rotatable bonds is 4. The zero-order valence-corrected chi connectivity index (χ0v) is 15.7. The number of nitrogens with one attached hydrogen (secondary N) is 1. The number of nitrogens with zero attached hydrogens (tertiary/aromatic N) is 1. The van der Waals surface area contributed by atoms with E-state index in [-0.39, 0.29) is 5.91 Å². The fourth-order valence-electron chi connectivity index (χ4n) is 2.54. The molecule has 6 heteroatoms. The number of hydrogen-bond donors (Lipinski definition) is 1. The Hall–Kier alpha value is -2.37. The van der Waals surface area contributed by atoms with E-state index in [4.69, 9.17) is 16.3 Å². The summed E-state index contributed by atoms with van der Waals surface area (Å²) in [6.45, 7) is 3.98. The molecule has 1 aromatic heterocycles. The van der Waals surface area contributed by atoms with E-state index < -0.39 is 0 Å². The van der Waals surface area contributed by atoms with Crippen LogP contribution in [0, 0.1) is 13.8 Å². The van der Waals surface area contributed by atoms with Crippen molar-refractivity contribution in [3.8, 4) is 17.0 Å². The second-order valence-corrected chi connectivity index (χ2v) is 7.21. The third-order valence-corrected chi connectivity index (χ3v) is 4.89. The van der Waals surface area contributed by atoms with Gasteiger partial charge in [0.05, 0.1) is 12.8 Å². The van der Waals surface area contributed by atoms with Crippen LogP contribution in [0.4, 0.5) is 5.13 Å². The molecule has 0 fully saturated rings. The smallest absolute Gasteiger partial charge is 0.257 e. The molecule has 0 bridgehead atoms. The monoisotopic (exact) mass is 372 g/mol. The van der Waals surface area contributed by atoms with Crippen LogP contribution in [0.15, 0.2) is 42.5 Å². The fraction of sp³-hybridized carbons (Fsp3) is 0.158. The van der Waals surface area contributed by atoms with E-state index in [1.807, 2.05) is 32.0 Å². The highest BCUT2D eigenvalue weighted by Gasteiger charge is 2.14. The number of aromatic nitrogens is 1. The lowest BCUT2D eigenvalue weighted by atomic mass is 10.1. The van der Waals surface area contributed by atoms with Crippen LogP contribution in [0.25, 0.3) is 11.3 Å². The van der Waals surface area contributed by atoms with Gasteiger partial charge in [0, 0.05) is 21.0 Å². The van der Waals surface area contributed by atoms with Crippen molar-refractivity contribution in [3.05, 3.63) is 63.5 Å². The van der Waals surface area contributed by atoms with Crippen molar-refractivity contribution < 1.29 is 9.53 Å². The van der Waals surface area contributed by atoms with Crippen LogP contribution < -0.4 is 10.1 Å². The van der Waals surface area contributed by atoms with Crippen molar-refractivity contribution in [2.45, 2.75) is 13.8 Å². The Balaban J connectivity index is 1.85. The summed E-state index contributed by atoms with van der Waals surface area (Å²) in [6.07, 6.45) is 0. The first-order valence-electron chi connectivity index (χ1n) is 7.67. The number of anilines is 1. The molecule has 1 heterocycles. The van der Waals surface area contributed by atoms with E-state index in [9.17, 15) is 4.79 Å². The molecule has 4 nitrogen and oxygen atoms in total. The molecule has 0 aliphatic heterocycles. The Morgan fingerprint density at radius 3 is 2.68 bits per heavy atom. The first kappa shape index (κ1) is 17.5. The Bertz CT molecular complexity index is 937. The van der Waals surface area contributed by atoms with E-state index in [1.165, 1.54) is 11.3 Å². The number of halogens is 1. The predicted molar refractivity (Wildman–Crippen MR) is 103 cm³/mol. The number of ether oxygens (including phenoxy) is 1. The number of thiazole rings is 1. The molecule has 1 N–H and O–H groups in total. The minimum atomic E-state index is -0.228. The molecule has 0 radical (unpaired) electrons. The van der Waals surface area contributed by atoms with Crippen LogP contribution in [0.1, 0.15) is 20.8 Å². The zero-order valence-electron chi connectivity index (χ0n) is 14.1. The van der Waals surface area contributed by atoms with E-state index in [2.05, 4.69) is 10.3 Å². The van der Waals surface area contributed by atoms with Crippen molar-refractivity contribution in [1.29, 1.82) is 0 Å². The molecule has 3 rings (SSSR count). The maximum Gasteiger partial charge on any atom is 0.257 e. The van der Waals surface area contributed by atoms with Crippen LogP contribution in [-0.4, -0.2) is 18.0 Å². The third-order valence-electron chi connectivity index (χ3n) is 3.77. The number of benzene rings is 2. The quantitative estimate of drug-likeness (QED) is 0.672. The Morgan fingerprint density at radius 2 is 2.00 bits per heavy atom. The third kappa shape index (κ3) is 3.83. The minimum absolute atomic E-state index is 0.228. The van der Waals surface area contributed by atoms with Gasteiger partial charge < -0.3 is 4.74 Å². The lowest BCUT2D eigenvalue weighted by Gasteiger charge is -2.06. The summed E-state index contributed by atoms with van der Waals surface area (Å²) in [4.78, 5) is 18.0. The number of carbonyl (C=O) groups is 1. The molecule has 128 valence electrons. The molecule has 0 unspecified atom stereocenters. The molecule has 1 amide bonds. The summed E-state index contributed by atoms with van der Waals surface area (Å²) in [5.74, 6) is 0.611. The van der Waals surface area contributed by atoms with E-state index in [0.717, 1.165) is 27.4 Å². The Kier molecular flexibility index (Phi) is 5.06. The van der Waals surface area contributed by atoms with E-state index in [0.29, 0.717) is 15.7 Å². The van der Waals surface area contributed by atoms with Crippen LogP contribution in [0.2, 0.25) is 5.02 Å². The van der Waals surface area contributed by atoms with Crippen molar-refractivity contribution in [3.63, 3.8) is 0 Å². The first-order chi connectivity index (χ1) is 12.0. The normalized spacial score (nSPS) is 10.6. The summed E-state index contributed by atoms with van der Waals surface area (Å²) >= 11 is 7.38. The molecule has 25 heavy (non-hydrogen) atoms. The van der Waals surface area contributed by atoms with E-state index in [1.54, 1.807) is 31.4 Å². The molecule has 0 saturated heterocycles. The van der Waals surface area contributed by atoms with Crippen LogP contribution >= 0.6 is 22.9 Å². The van der Waals surface area contributed by atoms with Gasteiger partial charge in [-0.3, -0.25) is 10.1 Å². The van der Waals surface area contributed by atoms with Crippen molar-refractivity contribution >= 4 is 34.0 Å². The fourth-order valence-corrected chi connectivity index (χ4v) is 3.56. The topological polar surface area (TPSA) is 51.2 Å². The second kappa shape index (κ2) is 7.25. The van der Waals surface area contributed by atoms with Gasteiger partial charge in [0.1, 0.15) is 5.75 Å². The summed E-state index contributed by atoms with van der Waals surface area (Å²) in [5.41, 5.74) is 3.39. The van der Waals surface area contributed by atoms with Gasteiger partial charge in [-0.05, 0) is 55.8 Å². The largest absolute Gasteiger partial charge is 0.496 e. The number of aryl methyl sites for hydroxylation is 2. The van der Waals surface area contributed by atoms with Gasteiger partial charge in [-0.1, -0.05) is 17.7 Å². The van der Waals surface area contributed by atoms with Gasteiger partial charge in [0.15, 0.2) is 5.13 Å². The van der Waals surface area contributed by atoms with Gasteiger partial charge in [0.25, 0.3) is 5.91 Å². The SMILES string of the molecule is COc1ccc(-c2nc(NC(=O)c3cccc(Cl)c3)sc2C)cc1C. The van der Waals surface area contributed by atoms with Crippen LogP contribution in [-0.2, 0) is 0 Å². The van der Waals surface area contributed by atoms with Gasteiger partial charge >= 0.3 is 0 Å². The minimum Gasteiger partial charge on any atom is -0.496 e. The molecule has 3 aromatic rings. The molecular weight excluding hydrogens is 356 g/mol. The standard InChI is InChI=1S/C19H17ClN2O2S/c1-11-9-13(7-8-16(11)24-3)17-12(2)25-19(21-17)22-18(23)14-5-4-6-15(20)10-14/h4-10H,1-3H3,(H,21,22,23). The average Bonchev–Trinajstić information content (AvgIpc) is 2.95. The van der Waals surface area contributed by atoms with Crippen LogP contribution in [0.5, 0.6) is 5.75 Å². The lowest BCUT2D eigenvalue weighted by Crippen LogP contribution is -2.11. The Morgan fingerprint density at radius 1 is 1.20 bits per heavy atom. The summed E-state index contributed by atoms with van der Waals surface area (Å²) in [6, 6.07) is 12.8. The second-order valence-electron chi connectivity index (χ2n) is 5.57. The molecule has 0 spiro atoms. The number of amides is 1. The maximum atomic E-state index is 12.3. The van der Waals surface area contributed by atoms with Gasteiger partial charge in [0.2, 0.25) is 0 Å². The lowest BCUT2D eigenvalue weighted by molar-refractivity contribution is 0.102. The average molecular weight is 373 g/mol.